The van der Waals surface area contributed by atoms with Crippen LogP contribution in [0.1, 0.15) is 40.1 Å². The van der Waals surface area contributed by atoms with Gasteiger partial charge in [0.05, 0.1) is 44.9 Å². The molecule has 0 saturated carbocycles. The lowest BCUT2D eigenvalue weighted by Crippen LogP contribution is -2.35. The molecule has 0 radical (unpaired) electrons. The third-order valence-electron chi connectivity index (χ3n) is 5.59. The van der Waals surface area contributed by atoms with E-state index in [4.69, 9.17) is 9.47 Å². The zero-order valence-electron chi connectivity index (χ0n) is 19.7. The summed E-state index contributed by atoms with van der Waals surface area (Å²) in [7, 11) is -1.58. The van der Waals surface area contributed by atoms with Crippen molar-refractivity contribution in [2.45, 2.75) is 36.5 Å². The monoisotopic (exact) mass is 492 g/mol. The van der Waals surface area contributed by atoms with Crippen molar-refractivity contribution in [2.75, 3.05) is 24.7 Å². The minimum Gasteiger partial charge on any atom is -0.351 e. The molecule has 4 rings (SSSR count). The smallest absolute Gasteiger partial charge is 0.259 e. The minimum atomic E-state index is -1.58. The van der Waals surface area contributed by atoms with E-state index in [2.05, 4.69) is 5.32 Å². The molecule has 0 saturated heterocycles. The van der Waals surface area contributed by atoms with E-state index in [1.54, 1.807) is 47.4 Å². The molecule has 0 aliphatic carbocycles. The molecule has 0 fully saturated rings. The lowest BCUT2D eigenvalue weighted by molar-refractivity contribution is -0.131. The summed E-state index contributed by atoms with van der Waals surface area (Å²) in [5.74, 6) is -0.598. The van der Waals surface area contributed by atoms with E-state index in [-0.39, 0.29) is 24.9 Å². The predicted octanol–water partition coefficient (Wildman–Crippen LogP) is 4.14. The Balaban J connectivity index is 1.70. The molecule has 0 bridgehead atoms. The maximum absolute atomic E-state index is 13.6. The number of hydrogen-bond acceptors (Lipinski definition) is 5. The molecule has 3 aromatic rings. The number of hydrogen-bond donors (Lipinski definition) is 1. The van der Waals surface area contributed by atoms with Gasteiger partial charge in [-0.1, -0.05) is 42.5 Å². The summed E-state index contributed by atoms with van der Waals surface area (Å²) < 4.78 is 24.5. The average molecular weight is 493 g/mol. The highest BCUT2D eigenvalue weighted by atomic mass is 32.2. The van der Waals surface area contributed by atoms with Crippen LogP contribution in [0, 0.1) is 0 Å². The molecule has 1 aliphatic rings. The second-order valence-electron chi connectivity index (χ2n) is 7.87. The zero-order valence-corrected chi connectivity index (χ0v) is 20.5. The fraction of sp³-hybridized carbons (Fsp3) is 0.259. The topological polar surface area (TPSA) is 84.9 Å². The Morgan fingerprint density at radius 3 is 2.34 bits per heavy atom. The second-order valence-corrected chi connectivity index (χ2v) is 9.29. The van der Waals surface area contributed by atoms with Crippen LogP contribution in [0.25, 0.3) is 0 Å². The Morgan fingerprint density at radius 2 is 1.63 bits per heavy atom. The van der Waals surface area contributed by atoms with Crippen LogP contribution in [0.15, 0.2) is 82.6 Å². The first-order chi connectivity index (χ1) is 17.0. The minimum absolute atomic E-state index is 0.182. The summed E-state index contributed by atoms with van der Waals surface area (Å²) in [6, 6.07) is 21.4. The Labute approximate surface area is 207 Å². The van der Waals surface area contributed by atoms with Crippen LogP contribution in [-0.2, 0) is 26.8 Å². The molecular weight excluding hydrogens is 464 g/mol. The fourth-order valence-corrected chi connectivity index (χ4v) is 5.29. The summed E-state index contributed by atoms with van der Waals surface area (Å²) in [4.78, 5) is 29.2. The summed E-state index contributed by atoms with van der Waals surface area (Å²) in [5.41, 5.74) is 2.11. The van der Waals surface area contributed by atoms with E-state index >= 15 is 0 Å². The van der Waals surface area contributed by atoms with Gasteiger partial charge in [-0.05, 0) is 49.7 Å². The van der Waals surface area contributed by atoms with E-state index in [1.807, 2.05) is 44.2 Å². The number of carbonyl (C=O) groups is 2. The highest BCUT2D eigenvalue weighted by molar-refractivity contribution is 7.85. The Kier molecular flexibility index (Phi) is 8.07. The number of amides is 2. The van der Waals surface area contributed by atoms with Gasteiger partial charge in [0.2, 0.25) is 0 Å². The van der Waals surface area contributed by atoms with Crippen molar-refractivity contribution in [3.05, 3.63) is 89.5 Å². The highest BCUT2D eigenvalue weighted by Crippen LogP contribution is 2.36. The number of benzene rings is 3. The molecule has 35 heavy (non-hydrogen) atoms. The first-order valence-electron chi connectivity index (χ1n) is 11.6. The molecule has 1 N–H and O–H groups in total. The molecular formula is C27H28N2O5S. The molecule has 182 valence electrons. The number of anilines is 1. The fourth-order valence-electron chi connectivity index (χ4n) is 3.94. The highest BCUT2D eigenvalue weighted by Gasteiger charge is 2.31. The molecule has 3 aromatic carbocycles. The van der Waals surface area contributed by atoms with Gasteiger partial charge in [0.1, 0.15) is 0 Å². The Morgan fingerprint density at radius 1 is 0.943 bits per heavy atom. The van der Waals surface area contributed by atoms with E-state index in [0.29, 0.717) is 39.8 Å². The summed E-state index contributed by atoms with van der Waals surface area (Å²) in [6.45, 7) is 5.10. The molecule has 1 heterocycles. The van der Waals surface area contributed by atoms with Crippen LogP contribution in [0.2, 0.25) is 0 Å². The van der Waals surface area contributed by atoms with Crippen LogP contribution < -0.4 is 10.2 Å². The number of fused-ring (bicyclic) bond motifs is 2. The van der Waals surface area contributed by atoms with E-state index in [0.717, 1.165) is 5.56 Å². The Bertz CT molecular complexity index is 1230. The standard InChI is InChI=1S/C27H28N2O5S/c1-3-33-25(34-4-2)17-28-26(30)20-14-15-24-22(16-20)29(18-19-10-6-5-7-11-19)27(31)21-12-8-9-13-23(21)35(24)32/h5-16,25H,3-4,17-18H2,1-2H3,(H,28,30)/t35-/m0/s1. The van der Waals surface area contributed by atoms with Gasteiger partial charge in [0.15, 0.2) is 6.29 Å². The maximum Gasteiger partial charge on any atom is 0.259 e. The third-order valence-corrected chi connectivity index (χ3v) is 7.09. The predicted molar refractivity (Wildman–Crippen MR) is 134 cm³/mol. The molecule has 2 amide bonds. The normalized spacial score (nSPS) is 14.9. The van der Waals surface area contributed by atoms with E-state index < -0.39 is 17.1 Å². The molecule has 8 heteroatoms. The molecule has 7 nitrogen and oxygen atoms in total. The van der Waals surface area contributed by atoms with E-state index in [9.17, 15) is 13.8 Å². The maximum atomic E-state index is 13.6. The first kappa shape index (κ1) is 24.8. The van der Waals surface area contributed by atoms with Crippen molar-refractivity contribution in [1.82, 2.24) is 5.32 Å². The first-order valence-corrected chi connectivity index (χ1v) is 12.7. The summed E-state index contributed by atoms with van der Waals surface area (Å²) in [6.07, 6.45) is -0.548. The quantitative estimate of drug-likeness (QED) is 0.454. The van der Waals surface area contributed by atoms with Crippen LogP contribution in [-0.4, -0.2) is 42.1 Å². The van der Waals surface area contributed by atoms with Crippen molar-refractivity contribution < 1.29 is 23.3 Å². The van der Waals surface area contributed by atoms with Gasteiger partial charge in [-0.3, -0.25) is 9.59 Å². The van der Waals surface area contributed by atoms with Crippen molar-refractivity contribution in [1.29, 1.82) is 0 Å². The van der Waals surface area contributed by atoms with Crippen LogP contribution >= 0.6 is 0 Å². The van der Waals surface area contributed by atoms with Gasteiger partial charge >= 0.3 is 0 Å². The van der Waals surface area contributed by atoms with Gasteiger partial charge in [-0.2, -0.15) is 0 Å². The van der Waals surface area contributed by atoms with Gasteiger partial charge < -0.3 is 19.7 Å². The number of nitrogens with one attached hydrogen (secondary N) is 1. The molecule has 0 spiro atoms. The van der Waals surface area contributed by atoms with Crippen LogP contribution in [0.3, 0.4) is 0 Å². The molecule has 1 aliphatic heterocycles. The lowest BCUT2D eigenvalue weighted by atomic mass is 10.1. The van der Waals surface area contributed by atoms with Gasteiger partial charge in [-0.15, -0.1) is 0 Å². The van der Waals surface area contributed by atoms with Crippen molar-refractivity contribution in [2.24, 2.45) is 0 Å². The number of nitrogens with zero attached hydrogens (tertiary/aromatic N) is 1. The van der Waals surface area contributed by atoms with Gasteiger partial charge in [0.25, 0.3) is 11.8 Å². The van der Waals surface area contributed by atoms with Gasteiger partial charge in [0, 0.05) is 18.8 Å². The van der Waals surface area contributed by atoms with Gasteiger partial charge in [-0.25, -0.2) is 4.21 Å². The largest absolute Gasteiger partial charge is 0.351 e. The van der Waals surface area contributed by atoms with Crippen LogP contribution in [0.4, 0.5) is 5.69 Å². The van der Waals surface area contributed by atoms with Crippen molar-refractivity contribution in [3.63, 3.8) is 0 Å². The zero-order chi connectivity index (χ0) is 24.8. The molecule has 0 unspecified atom stereocenters. The molecule has 0 aromatic heterocycles. The van der Waals surface area contributed by atoms with Crippen molar-refractivity contribution >= 4 is 28.3 Å². The average Bonchev–Trinajstić information content (AvgIpc) is 2.97. The van der Waals surface area contributed by atoms with Crippen molar-refractivity contribution in [3.8, 4) is 0 Å². The SMILES string of the molecule is CCOC(CNC(=O)c1ccc2c(c1)N(Cc1ccccc1)C(=O)c1ccccc1[S@@]2=O)OCC. The summed E-state index contributed by atoms with van der Waals surface area (Å²) >= 11 is 0. The molecule has 1 atom stereocenters. The number of carbonyl (C=O) groups excluding carboxylic acids is 2. The lowest BCUT2D eigenvalue weighted by Gasteiger charge is -2.24. The second kappa shape index (κ2) is 11.4. The number of ether oxygens (including phenoxy) is 2. The third kappa shape index (κ3) is 5.51. The summed E-state index contributed by atoms with van der Waals surface area (Å²) in [5, 5.41) is 2.83. The number of rotatable bonds is 9. The van der Waals surface area contributed by atoms with Crippen LogP contribution in [0.5, 0.6) is 0 Å². The van der Waals surface area contributed by atoms with E-state index in [1.165, 1.54) is 0 Å². The Hall–Kier alpha value is -3.33.